The average molecular weight is 392 g/mol. The van der Waals surface area contributed by atoms with Crippen LogP contribution in [0.15, 0.2) is 67.0 Å². The second kappa shape index (κ2) is 8.31. The van der Waals surface area contributed by atoms with Crippen LogP contribution >= 0.6 is 11.8 Å². The Bertz CT molecular complexity index is 1040. The second-order valence-corrected chi connectivity index (χ2v) is 7.44. The van der Waals surface area contributed by atoms with Gasteiger partial charge in [0, 0.05) is 6.20 Å². The van der Waals surface area contributed by atoms with E-state index in [0.717, 1.165) is 34.7 Å². The van der Waals surface area contributed by atoms with Crippen LogP contribution in [0.25, 0.3) is 16.7 Å². The van der Waals surface area contributed by atoms with Crippen LogP contribution in [-0.2, 0) is 0 Å². The number of thioether (sulfide) groups is 1. The van der Waals surface area contributed by atoms with Crippen molar-refractivity contribution in [2.45, 2.75) is 12.5 Å². The van der Waals surface area contributed by atoms with Crippen LogP contribution < -0.4 is 5.32 Å². The molecular formula is C21H21N5OS. The molecule has 0 aliphatic heterocycles. The first-order chi connectivity index (χ1) is 13.7. The molecule has 0 aliphatic rings. The number of aromatic amines is 1. The zero-order valence-corrected chi connectivity index (χ0v) is 16.3. The maximum Gasteiger partial charge on any atom is 0.255 e. The van der Waals surface area contributed by atoms with Gasteiger partial charge in [0.2, 0.25) is 0 Å². The molecule has 2 heterocycles. The summed E-state index contributed by atoms with van der Waals surface area (Å²) >= 11 is 1.75. The lowest BCUT2D eigenvalue weighted by Crippen LogP contribution is -2.29. The molecule has 0 fully saturated rings. The molecule has 7 heteroatoms. The van der Waals surface area contributed by atoms with Crippen LogP contribution in [0.3, 0.4) is 0 Å². The minimum atomic E-state index is -0.188. The average Bonchev–Trinajstić information content (AvgIpc) is 3.39. The van der Waals surface area contributed by atoms with Crippen LogP contribution in [0.2, 0.25) is 0 Å². The van der Waals surface area contributed by atoms with E-state index in [2.05, 4.69) is 26.6 Å². The standard InChI is InChI=1S/C21H21N5OS/c1-28-12-11-19(20-23-17-9-5-6-10-18(17)24-20)25-21(27)15-13-22-26(14-15)16-7-3-2-4-8-16/h2-10,13-14,19H,11-12H2,1H3,(H,23,24)(H,25,27). The molecule has 2 aromatic heterocycles. The summed E-state index contributed by atoms with van der Waals surface area (Å²) in [5.74, 6) is 1.54. The molecule has 0 bridgehead atoms. The van der Waals surface area contributed by atoms with Crippen molar-refractivity contribution in [3.05, 3.63) is 78.4 Å². The van der Waals surface area contributed by atoms with Gasteiger partial charge in [-0.25, -0.2) is 9.67 Å². The van der Waals surface area contributed by atoms with Crippen LogP contribution in [0.1, 0.15) is 28.6 Å². The number of benzene rings is 2. The van der Waals surface area contributed by atoms with Gasteiger partial charge in [-0.1, -0.05) is 30.3 Å². The van der Waals surface area contributed by atoms with Gasteiger partial charge in [-0.2, -0.15) is 16.9 Å². The summed E-state index contributed by atoms with van der Waals surface area (Å²) in [6.07, 6.45) is 6.18. The van der Waals surface area contributed by atoms with Crippen molar-refractivity contribution in [3.8, 4) is 5.69 Å². The van der Waals surface area contributed by atoms with Gasteiger partial charge >= 0.3 is 0 Å². The lowest BCUT2D eigenvalue weighted by molar-refractivity contribution is 0.0934. The van der Waals surface area contributed by atoms with Crippen molar-refractivity contribution in [3.63, 3.8) is 0 Å². The van der Waals surface area contributed by atoms with Crippen molar-refractivity contribution in [1.29, 1.82) is 0 Å². The van der Waals surface area contributed by atoms with Crippen molar-refractivity contribution >= 4 is 28.7 Å². The van der Waals surface area contributed by atoms with Crippen LogP contribution in [0, 0.1) is 0 Å². The summed E-state index contributed by atoms with van der Waals surface area (Å²) in [6, 6.07) is 17.4. The number of amides is 1. The van der Waals surface area contributed by atoms with E-state index >= 15 is 0 Å². The highest BCUT2D eigenvalue weighted by atomic mass is 32.2. The molecule has 1 atom stereocenters. The molecule has 0 spiro atoms. The van der Waals surface area contributed by atoms with Crippen molar-refractivity contribution in [2.24, 2.45) is 0 Å². The quantitative estimate of drug-likeness (QED) is 0.500. The molecular weight excluding hydrogens is 370 g/mol. The van der Waals surface area contributed by atoms with E-state index in [0.29, 0.717) is 5.56 Å². The predicted octanol–water partition coefficient (Wildman–Crippen LogP) is 3.97. The molecule has 0 radical (unpaired) electrons. The maximum atomic E-state index is 12.8. The second-order valence-electron chi connectivity index (χ2n) is 6.46. The van der Waals surface area contributed by atoms with Gasteiger partial charge in [0.15, 0.2) is 0 Å². The Morgan fingerprint density at radius 2 is 1.96 bits per heavy atom. The highest BCUT2D eigenvalue weighted by Gasteiger charge is 2.20. The van der Waals surface area contributed by atoms with E-state index in [9.17, 15) is 4.79 Å². The van der Waals surface area contributed by atoms with Gasteiger partial charge in [-0.3, -0.25) is 4.79 Å². The molecule has 1 unspecified atom stereocenters. The lowest BCUT2D eigenvalue weighted by Gasteiger charge is -2.15. The summed E-state index contributed by atoms with van der Waals surface area (Å²) in [5, 5.41) is 7.42. The fourth-order valence-electron chi connectivity index (χ4n) is 3.05. The number of H-pyrrole nitrogens is 1. The van der Waals surface area contributed by atoms with Crippen molar-refractivity contribution in [1.82, 2.24) is 25.1 Å². The maximum absolute atomic E-state index is 12.8. The Kier molecular flexibility index (Phi) is 5.43. The first-order valence-electron chi connectivity index (χ1n) is 9.09. The summed E-state index contributed by atoms with van der Waals surface area (Å²) in [4.78, 5) is 20.8. The van der Waals surface area contributed by atoms with Crippen molar-refractivity contribution < 1.29 is 4.79 Å². The first-order valence-corrected chi connectivity index (χ1v) is 10.5. The molecule has 142 valence electrons. The number of rotatable bonds is 7. The summed E-state index contributed by atoms with van der Waals surface area (Å²) in [5.41, 5.74) is 3.31. The minimum absolute atomic E-state index is 0.159. The number of nitrogens with one attached hydrogen (secondary N) is 2. The third kappa shape index (κ3) is 3.94. The molecule has 4 aromatic rings. The van der Waals surface area contributed by atoms with Gasteiger partial charge in [0.1, 0.15) is 5.82 Å². The highest BCUT2D eigenvalue weighted by Crippen LogP contribution is 2.20. The summed E-state index contributed by atoms with van der Waals surface area (Å²) in [6.45, 7) is 0. The Labute approximate surface area is 167 Å². The SMILES string of the molecule is CSCCC(NC(=O)c1cnn(-c2ccccc2)c1)c1nc2ccccc2[nH]1. The van der Waals surface area contributed by atoms with E-state index in [4.69, 9.17) is 0 Å². The van der Waals surface area contributed by atoms with Crippen LogP contribution in [0.5, 0.6) is 0 Å². The highest BCUT2D eigenvalue weighted by molar-refractivity contribution is 7.98. The monoisotopic (exact) mass is 391 g/mol. The number of carbonyl (C=O) groups excluding carboxylic acids is 1. The summed E-state index contributed by atoms with van der Waals surface area (Å²) < 4.78 is 1.70. The largest absolute Gasteiger partial charge is 0.342 e. The molecule has 6 nitrogen and oxygen atoms in total. The number of hydrogen-bond donors (Lipinski definition) is 2. The minimum Gasteiger partial charge on any atom is -0.342 e. The van der Waals surface area contributed by atoms with E-state index < -0.39 is 0 Å². The number of hydrogen-bond acceptors (Lipinski definition) is 4. The number of fused-ring (bicyclic) bond motifs is 1. The molecule has 2 aromatic carbocycles. The van der Waals surface area contributed by atoms with Gasteiger partial charge in [0.25, 0.3) is 5.91 Å². The molecule has 0 saturated carbocycles. The van der Waals surface area contributed by atoms with Gasteiger partial charge in [-0.15, -0.1) is 0 Å². The zero-order valence-electron chi connectivity index (χ0n) is 15.5. The molecule has 2 N–H and O–H groups in total. The fourth-order valence-corrected chi connectivity index (χ4v) is 3.53. The Morgan fingerprint density at radius 1 is 1.18 bits per heavy atom. The number of imidazole rings is 1. The first kappa shape index (κ1) is 18.3. The smallest absolute Gasteiger partial charge is 0.255 e. The molecule has 28 heavy (non-hydrogen) atoms. The molecule has 1 amide bonds. The Balaban J connectivity index is 1.55. The normalized spacial score (nSPS) is 12.2. The third-order valence-electron chi connectivity index (χ3n) is 4.52. The molecule has 0 aliphatic carbocycles. The number of nitrogens with zero attached hydrogens (tertiary/aromatic N) is 3. The molecule has 0 saturated heterocycles. The molecule has 4 rings (SSSR count). The van der Waals surface area contributed by atoms with E-state index in [1.54, 1.807) is 28.8 Å². The van der Waals surface area contributed by atoms with Gasteiger partial charge in [0.05, 0.1) is 34.5 Å². The van der Waals surface area contributed by atoms with Crippen LogP contribution in [0.4, 0.5) is 0 Å². The van der Waals surface area contributed by atoms with E-state index in [-0.39, 0.29) is 11.9 Å². The number of aromatic nitrogens is 4. The third-order valence-corrected chi connectivity index (χ3v) is 5.16. The van der Waals surface area contributed by atoms with E-state index in [1.807, 2.05) is 54.6 Å². The van der Waals surface area contributed by atoms with Gasteiger partial charge in [-0.05, 0) is 42.7 Å². The Hall–Kier alpha value is -3.06. The van der Waals surface area contributed by atoms with Crippen LogP contribution in [-0.4, -0.2) is 37.7 Å². The van der Waals surface area contributed by atoms with Gasteiger partial charge < -0.3 is 10.3 Å². The predicted molar refractivity (Wildman–Crippen MR) is 113 cm³/mol. The lowest BCUT2D eigenvalue weighted by atomic mass is 10.2. The number of carbonyl (C=O) groups is 1. The van der Waals surface area contributed by atoms with Crippen molar-refractivity contribution in [2.75, 3.05) is 12.0 Å². The topological polar surface area (TPSA) is 75.6 Å². The fraction of sp³-hybridized carbons (Fsp3) is 0.190. The summed E-state index contributed by atoms with van der Waals surface area (Å²) in [7, 11) is 0. The van der Waals surface area contributed by atoms with E-state index in [1.165, 1.54) is 0 Å². The number of para-hydroxylation sites is 3. The zero-order chi connectivity index (χ0) is 19.3. The Morgan fingerprint density at radius 3 is 2.75 bits per heavy atom.